The number of piperazine rings is 1. The average Bonchev–Trinajstić information content (AvgIpc) is 2.31. The number of hydrogen-bond acceptors (Lipinski definition) is 3. The summed E-state index contributed by atoms with van der Waals surface area (Å²) in [6.07, 6.45) is 0.0252. The number of hydrogen-bond donors (Lipinski definition) is 0. The molecule has 19 heavy (non-hydrogen) atoms. The first-order valence-electron chi connectivity index (χ1n) is 7.02. The van der Waals surface area contributed by atoms with Gasteiger partial charge in [0.05, 0.1) is 6.10 Å². The molecule has 1 heterocycles. The molecule has 1 atom stereocenters. The highest BCUT2D eigenvalue weighted by Gasteiger charge is 2.34. The number of carbonyl (C=O) groups excluding carboxylic acids is 2. The molecule has 1 aliphatic heterocycles. The molecule has 0 spiro atoms. The van der Waals surface area contributed by atoms with Crippen molar-refractivity contribution < 1.29 is 14.3 Å². The van der Waals surface area contributed by atoms with Gasteiger partial charge < -0.3 is 14.5 Å². The van der Waals surface area contributed by atoms with Gasteiger partial charge in [-0.2, -0.15) is 0 Å². The van der Waals surface area contributed by atoms with Crippen molar-refractivity contribution in [2.24, 2.45) is 5.92 Å². The second-order valence-corrected chi connectivity index (χ2v) is 5.80. The molecule has 0 radical (unpaired) electrons. The summed E-state index contributed by atoms with van der Waals surface area (Å²) in [6.45, 7) is 11.8. The molecular formula is C14H26N2O3. The van der Waals surface area contributed by atoms with E-state index in [0.29, 0.717) is 19.0 Å². The highest BCUT2D eigenvalue weighted by molar-refractivity contribution is 5.89. The van der Waals surface area contributed by atoms with Crippen LogP contribution in [0.3, 0.4) is 0 Å². The summed E-state index contributed by atoms with van der Waals surface area (Å²) in [5, 5.41) is 0. The van der Waals surface area contributed by atoms with Crippen LogP contribution in [0.2, 0.25) is 0 Å². The molecule has 1 fully saturated rings. The minimum Gasteiger partial charge on any atom is -0.369 e. The maximum Gasteiger partial charge on any atom is 0.249 e. The van der Waals surface area contributed by atoms with Crippen LogP contribution in [-0.4, -0.2) is 60.0 Å². The number of nitrogens with zero attached hydrogens (tertiary/aromatic N) is 2. The molecule has 1 aliphatic rings. The Hall–Kier alpha value is -1.10. The molecule has 1 saturated heterocycles. The van der Waals surface area contributed by atoms with E-state index in [0.717, 1.165) is 6.54 Å². The fourth-order valence-corrected chi connectivity index (χ4v) is 2.21. The number of ether oxygens (including phenoxy) is 1. The first kappa shape index (κ1) is 16.0. The molecule has 0 bridgehead atoms. The van der Waals surface area contributed by atoms with Gasteiger partial charge in [0.1, 0.15) is 12.6 Å². The molecule has 0 saturated carbocycles. The zero-order chi connectivity index (χ0) is 14.6. The topological polar surface area (TPSA) is 49.9 Å². The van der Waals surface area contributed by atoms with Crippen molar-refractivity contribution in [1.29, 1.82) is 0 Å². The van der Waals surface area contributed by atoms with E-state index in [1.807, 2.05) is 18.7 Å². The minimum atomic E-state index is -0.379. The van der Waals surface area contributed by atoms with E-state index in [4.69, 9.17) is 4.74 Å². The first-order chi connectivity index (χ1) is 8.82. The number of carbonyl (C=O) groups is 2. The second kappa shape index (κ2) is 6.89. The average molecular weight is 270 g/mol. The van der Waals surface area contributed by atoms with Crippen LogP contribution in [0.4, 0.5) is 0 Å². The van der Waals surface area contributed by atoms with Gasteiger partial charge in [0.15, 0.2) is 0 Å². The zero-order valence-electron chi connectivity index (χ0n) is 12.7. The van der Waals surface area contributed by atoms with Crippen LogP contribution in [0.1, 0.15) is 34.6 Å². The summed E-state index contributed by atoms with van der Waals surface area (Å²) in [4.78, 5) is 27.7. The Morgan fingerprint density at radius 3 is 2.47 bits per heavy atom. The maximum absolute atomic E-state index is 12.2. The Labute approximate surface area is 115 Å². The molecule has 0 aromatic carbocycles. The second-order valence-electron chi connectivity index (χ2n) is 5.80. The fourth-order valence-electron chi connectivity index (χ4n) is 2.21. The summed E-state index contributed by atoms with van der Waals surface area (Å²) in [5.74, 6) is 0.388. The molecule has 0 aliphatic carbocycles. The zero-order valence-corrected chi connectivity index (χ0v) is 12.7. The van der Waals surface area contributed by atoms with Gasteiger partial charge in [0, 0.05) is 19.6 Å². The fraction of sp³-hybridized carbons (Fsp3) is 0.857. The third-order valence-electron chi connectivity index (χ3n) is 3.19. The highest BCUT2D eigenvalue weighted by atomic mass is 16.5. The number of amides is 2. The van der Waals surface area contributed by atoms with E-state index in [1.165, 1.54) is 0 Å². The Balaban J connectivity index is 2.56. The number of rotatable bonds is 5. The Morgan fingerprint density at radius 1 is 1.32 bits per heavy atom. The maximum atomic E-state index is 12.2. The summed E-state index contributed by atoms with van der Waals surface area (Å²) >= 11 is 0. The smallest absolute Gasteiger partial charge is 0.249 e. The molecule has 0 N–H and O–H groups in total. The van der Waals surface area contributed by atoms with Gasteiger partial charge in [-0.3, -0.25) is 9.59 Å². The van der Waals surface area contributed by atoms with Crippen LogP contribution in [-0.2, 0) is 14.3 Å². The van der Waals surface area contributed by atoms with Crippen LogP contribution in [0.5, 0.6) is 0 Å². The highest BCUT2D eigenvalue weighted by Crippen LogP contribution is 2.13. The third-order valence-corrected chi connectivity index (χ3v) is 3.19. The van der Waals surface area contributed by atoms with Gasteiger partial charge in [-0.15, -0.1) is 0 Å². The minimum absolute atomic E-state index is 0.0252. The van der Waals surface area contributed by atoms with Crippen molar-refractivity contribution in [3.8, 4) is 0 Å². The summed E-state index contributed by atoms with van der Waals surface area (Å²) < 4.78 is 5.32. The van der Waals surface area contributed by atoms with Gasteiger partial charge in [-0.05, 0) is 26.7 Å². The largest absolute Gasteiger partial charge is 0.369 e. The molecule has 0 aromatic rings. The molecule has 110 valence electrons. The monoisotopic (exact) mass is 270 g/mol. The van der Waals surface area contributed by atoms with Crippen molar-refractivity contribution in [3.05, 3.63) is 0 Å². The van der Waals surface area contributed by atoms with Gasteiger partial charge in [-0.25, -0.2) is 0 Å². The lowest BCUT2D eigenvalue weighted by molar-refractivity contribution is -0.154. The van der Waals surface area contributed by atoms with Crippen molar-refractivity contribution in [2.75, 3.05) is 26.2 Å². The van der Waals surface area contributed by atoms with Crippen LogP contribution in [0.25, 0.3) is 0 Å². The van der Waals surface area contributed by atoms with Gasteiger partial charge in [0.25, 0.3) is 0 Å². The predicted octanol–water partition coefficient (Wildman–Crippen LogP) is 1.13. The van der Waals surface area contributed by atoms with Gasteiger partial charge in [-0.1, -0.05) is 13.8 Å². The van der Waals surface area contributed by atoms with E-state index in [1.54, 1.807) is 11.8 Å². The van der Waals surface area contributed by atoms with Crippen LogP contribution in [0, 0.1) is 5.92 Å². The Bertz CT molecular complexity index is 329. The lowest BCUT2D eigenvalue weighted by atomic mass is 10.1. The molecular weight excluding hydrogens is 244 g/mol. The first-order valence-corrected chi connectivity index (χ1v) is 7.02. The summed E-state index contributed by atoms with van der Waals surface area (Å²) in [6, 6.07) is -0.379. The van der Waals surface area contributed by atoms with Crippen molar-refractivity contribution in [3.63, 3.8) is 0 Å². The Morgan fingerprint density at radius 2 is 1.95 bits per heavy atom. The summed E-state index contributed by atoms with van der Waals surface area (Å²) in [5.41, 5.74) is 0. The van der Waals surface area contributed by atoms with Crippen LogP contribution >= 0.6 is 0 Å². The van der Waals surface area contributed by atoms with E-state index < -0.39 is 0 Å². The quantitative estimate of drug-likeness (QED) is 0.752. The van der Waals surface area contributed by atoms with Gasteiger partial charge >= 0.3 is 0 Å². The lowest BCUT2D eigenvalue weighted by Crippen LogP contribution is -2.58. The molecule has 2 amide bonds. The van der Waals surface area contributed by atoms with Crippen molar-refractivity contribution >= 4 is 11.8 Å². The molecule has 1 unspecified atom stereocenters. The van der Waals surface area contributed by atoms with E-state index in [-0.39, 0.29) is 30.6 Å². The van der Waals surface area contributed by atoms with Crippen molar-refractivity contribution in [1.82, 2.24) is 9.80 Å². The Kier molecular flexibility index (Phi) is 5.79. The van der Waals surface area contributed by atoms with E-state index in [9.17, 15) is 9.59 Å². The van der Waals surface area contributed by atoms with Gasteiger partial charge in [0.2, 0.25) is 11.8 Å². The van der Waals surface area contributed by atoms with E-state index >= 15 is 0 Å². The standard InChI is InChI=1S/C14H26N2O3/c1-10(2)8-15-6-7-16(12(5)14(15)18)13(17)9-19-11(3)4/h10-12H,6-9H2,1-5H3. The third kappa shape index (κ3) is 4.49. The lowest BCUT2D eigenvalue weighted by Gasteiger charge is -2.39. The predicted molar refractivity (Wildman–Crippen MR) is 73.7 cm³/mol. The normalized spacial score (nSPS) is 20.6. The molecule has 1 rings (SSSR count). The van der Waals surface area contributed by atoms with E-state index in [2.05, 4.69) is 13.8 Å². The molecule has 5 nitrogen and oxygen atoms in total. The van der Waals surface area contributed by atoms with Crippen molar-refractivity contribution in [2.45, 2.75) is 46.8 Å². The summed E-state index contributed by atoms with van der Waals surface area (Å²) in [7, 11) is 0. The van der Waals surface area contributed by atoms with Crippen LogP contribution in [0.15, 0.2) is 0 Å². The molecule has 0 aromatic heterocycles. The SMILES string of the molecule is CC(C)CN1CCN(C(=O)COC(C)C)C(C)C1=O. The van der Waals surface area contributed by atoms with Crippen LogP contribution < -0.4 is 0 Å². The molecule has 5 heteroatoms.